The van der Waals surface area contributed by atoms with Crippen molar-refractivity contribution < 1.29 is 18.0 Å². The lowest BCUT2D eigenvalue weighted by Crippen LogP contribution is -2.17. The molecule has 28 heavy (non-hydrogen) atoms. The van der Waals surface area contributed by atoms with E-state index in [4.69, 9.17) is 5.73 Å². The van der Waals surface area contributed by atoms with Gasteiger partial charge in [0, 0.05) is 29.4 Å². The van der Waals surface area contributed by atoms with Gasteiger partial charge in [0.2, 0.25) is 0 Å². The number of nitrogens with zero attached hydrogens (tertiary/aromatic N) is 2. The summed E-state index contributed by atoms with van der Waals surface area (Å²) in [4.78, 5) is 34.8. The predicted molar refractivity (Wildman–Crippen MR) is 96.6 cm³/mol. The van der Waals surface area contributed by atoms with Gasteiger partial charge in [0.25, 0.3) is 5.91 Å². The van der Waals surface area contributed by atoms with Crippen LogP contribution in [0, 0.1) is 0 Å². The minimum Gasteiger partial charge on any atom is -0.364 e. The number of benzene rings is 1. The third kappa shape index (κ3) is 2.86. The van der Waals surface area contributed by atoms with Crippen LogP contribution in [0.15, 0.2) is 53.6 Å². The van der Waals surface area contributed by atoms with Crippen LogP contribution >= 0.6 is 0 Å². The van der Waals surface area contributed by atoms with Crippen LogP contribution in [0.2, 0.25) is 0 Å². The molecule has 0 atom stereocenters. The van der Waals surface area contributed by atoms with E-state index in [1.807, 2.05) is 0 Å². The number of aromatic nitrogens is 3. The van der Waals surface area contributed by atoms with Crippen molar-refractivity contribution in [2.24, 2.45) is 5.73 Å². The van der Waals surface area contributed by atoms with Gasteiger partial charge < -0.3 is 10.7 Å². The molecule has 6 nitrogen and oxygen atoms in total. The number of amides is 1. The van der Waals surface area contributed by atoms with Crippen LogP contribution in [0.1, 0.15) is 16.1 Å². The third-order valence-electron chi connectivity index (χ3n) is 4.30. The molecule has 0 unspecified atom stereocenters. The average Bonchev–Trinajstić information content (AvgIpc) is 2.65. The fraction of sp³-hybridized carbons (Fsp3) is 0.0526. The van der Waals surface area contributed by atoms with Crippen LogP contribution in [0.3, 0.4) is 0 Å². The molecule has 3 heterocycles. The molecular weight excluding hydrogens is 373 g/mol. The zero-order valence-electron chi connectivity index (χ0n) is 14.0. The molecule has 1 aromatic carbocycles. The first-order valence-electron chi connectivity index (χ1n) is 8.04. The van der Waals surface area contributed by atoms with E-state index in [0.717, 1.165) is 6.07 Å². The van der Waals surface area contributed by atoms with E-state index in [-0.39, 0.29) is 22.0 Å². The Morgan fingerprint density at radius 2 is 1.89 bits per heavy atom. The Morgan fingerprint density at radius 3 is 2.61 bits per heavy atom. The van der Waals surface area contributed by atoms with E-state index >= 15 is 0 Å². The van der Waals surface area contributed by atoms with Gasteiger partial charge in [0.1, 0.15) is 5.69 Å². The van der Waals surface area contributed by atoms with Crippen molar-refractivity contribution in [2.75, 3.05) is 0 Å². The number of nitrogens with two attached hydrogens (primary N) is 1. The van der Waals surface area contributed by atoms with Crippen molar-refractivity contribution in [3.05, 3.63) is 70.3 Å². The monoisotopic (exact) mass is 384 g/mol. The number of carbonyl (C=O) groups is 1. The standard InChI is InChI=1S/C19H11F3N4O2/c20-19(21,22)11-3-1-2-9-6-10(8-25-16(9)11)13-7-14(27)15-12(26-13)4-5-24-17(15)18(23)28/h1-8H,(H2,23,28)(H,26,27). The number of H-pyrrole nitrogens is 1. The second-order valence-electron chi connectivity index (χ2n) is 6.09. The topological polar surface area (TPSA) is 102 Å². The average molecular weight is 384 g/mol. The number of carbonyl (C=O) groups excluding carboxylic acids is 1. The first-order chi connectivity index (χ1) is 13.3. The Labute approximate surface area is 154 Å². The minimum absolute atomic E-state index is 0.0480. The number of primary amides is 1. The number of hydrogen-bond donors (Lipinski definition) is 2. The van der Waals surface area contributed by atoms with Crippen LogP contribution in [0.25, 0.3) is 33.1 Å². The number of halogens is 3. The summed E-state index contributed by atoms with van der Waals surface area (Å²) < 4.78 is 39.4. The van der Waals surface area contributed by atoms with E-state index in [1.165, 1.54) is 42.7 Å². The second-order valence-corrected chi connectivity index (χ2v) is 6.09. The molecule has 0 aliphatic heterocycles. The molecule has 9 heteroatoms. The maximum absolute atomic E-state index is 13.1. The summed E-state index contributed by atoms with van der Waals surface area (Å²) in [6.07, 6.45) is -1.94. The molecule has 0 saturated heterocycles. The van der Waals surface area contributed by atoms with E-state index in [1.54, 1.807) is 0 Å². The van der Waals surface area contributed by atoms with Gasteiger partial charge in [-0.15, -0.1) is 0 Å². The number of rotatable bonds is 2. The first-order valence-corrected chi connectivity index (χ1v) is 8.04. The van der Waals surface area contributed by atoms with E-state index < -0.39 is 23.1 Å². The lowest BCUT2D eigenvalue weighted by Gasteiger charge is -2.11. The number of pyridine rings is 3. The zero-order valence-corrected chi connectivity index (χ0v) is 14.0. The SMILES string of the molecule is NC(=O)c1nccc2[nH]c(-c3cnc4c(C(F)(F)F)cccc4c3)cc(=O)c12. The molecule has 4 rings (SSSR count). The highest BCUT2D eigenvalue weighted by atomic mass is 19.4. The lowest BCUT2D eigenvalue weighted by atomic mass is 10.1. The molecule has 1 amide bonds. The molecule has 4 aromatic rings. The summed E-state index contributed by atoms with van der Waals surface area (Å²) in [5.41, 5.74) is 4.68. The van der Waals surface area contributed by atoms with Gasteiger partial charge in [0.15, 0.2) is 5.43 Å². The number of fused-ring (bicyclic) bond motifs is 2. The van der Waals surface area contributed by atoms with Gasteiger partial charge in [-0.2, -0.15) is 13.2 Å². The van der Waals surface area contributed by atoms with Gasteiger partial charge in [-0.3, -0.25) is 19.6 Å². The Morgan fingerprint density at radius 1 is 1.11 bits per heavy atom. The number of nitrogens with one attached hydrogen (secondary N) is 1. The molecule has 0 fully saturated rings. The summed E-state index contributed by atoms with van der Waals surface area (Å²) in [6, 6.07) is 8.01. The molecule has 0 aliphatic carbocycles. The molecule has 0 bridgehead atoms. The quantitative estimate of drug-likeness (QED) is 0.554. The number of hydrogen-bond acceptors (Lipinski definition) is 4. The summed E-state index contributed by atoms with van der Waals surface area (Å²) in [5, 5.41) is 0.327. The number of alkyl halides is 3. The predicted octanol–water partition coefficient (Wildman–Crippen LogP) is 3.26. The third-order valence-corrected chi connectivity index (χ3v) is 4.30. The Kier molecular flexibility index (Phi) is 3.88. The van der Waals surface area contributed by atoms with Crippen molar-refractivity contribution in [3.63, 3.8) is 0 Å². The highest BCUT2D eigenvalue weighted by Crippen LogP contribution is 2.34. The maximum atomic E-state index is 13.1. The Hall–Kier alpha value is -3.75. The van der Waals surface area contributed by atoms with Gasteiger partial charge >= 0.3 is 6.18 Å². The Balaban J connectivity index is 1.92. The Bertz CT molecular complexity index is 1310. The van der Waals surface area contributed by atoms with Gasteiger partial charge in [0.05, 0.1) is 27.7 Å². The van der Waals surface area contributed by atoms with Crippen LogP contribution in [-0.2, 0) is 6.18 Å². The first kappa shape index (κ1) is 17.7. The van der Waals surface area contributed by atoms with Crippen molar-refractivity contribution in [1.82, 2.24) is 15.0 Å². The fourth-order valence-electron chi connectivity index (χ4n) is 3.08. The summed E-state index contributed by atoms with van der Waals surface area (Å²) >= 11 is 0. The van der Waals surface area contributed by atoms with Crippen LogP contribution < -0.4 is 11.2 Å². The molecular formula is C19H11F3N4O2. The molecule has 140 valence electrons. The molecule has 0 radical (unpaired) electrons. The molecule has 0 spiro atoms. The molecule has 3 N–H and O–H groups in total. The number of para-hydroxylation sites is 1. The summed E-state index contributed by atoms with van der Waals surface area (Å²) in [5.74, 6) is -0.837. The second kappa shape index (κ2) is 6.15. The highest BCUT2D eigenvalue weighted by molar-refractivity contribution is 6.03. The van der Waals surface area contributed by atoms with Crippen molar-refractivity contribution >= 4 is 27.7 Å². The van der Waals surface area contributed by atoms with E-state index in [2.05, 4.69) is 15.0 Å². The smallest absolute Gasteiger partial charge is 0.364 e. The molecule has 3 aromatic heterocycles. The normalized spacial score (nSPS) is 11.8. The van der Waals surface area contributed by atoms with Gasteiger partial charge in [-0.1, -0.05) is 12.1 Å². The highest BCUT2D eigenvalue weighted by Gasteiger charge is 2.33. The van der Waals surface area contributed by atoms with Crippen molar-refractivity contribution in [1.29, 1.82) is 0 Å². The van der Waals surface area contributed by atoms with Crippen molar-refractivity contribution in [2.45, 2.75) is 6.18 Å². The fourth-order valence-corrected chi connectivity index (χ4v) is 3.08. The van der Waals surface area contributed by atoms with E-state index in [9.17, 15) is 22.8 Å². The van der Waals surface area contributed by atoms with E-state index in [0.29, 0.717) is 16.8 Å². The van der Waals surface area contributed by atoms with Gasteiger partial charge in [-0.25, -0.2) is 0 Å². The zero-order chi connectivity index (χ0) is 20.1. The van der Waals surface area contributed by atoms with Gasteiger partial charge in [-0.05, 0) is 18.2 Å². The van der Waals surface area contributed by atoms with Crippen LogP contribution in [0.5, 0.6) is 0 Å². The lowest BCUT2D eigenvalue weighted by molar-refractivity contribution is -0.136. The molecule has 0 aliphatic rings. The maximum Gasteiger partial charge on any atom is 0.418 e. The summed E-state index contributed by atoms with van der Waals surface area (Å²) in [7, 11) is 0. The molecule has 0 saturated carbocycles. The summed E-state index contributed by atoms with van der Waals surface area (Å²) in [6.45, 7) is 0. The number of aromatic amines is 1. The van der Waals surface area contributed by atoms with Crippen LogP contribution in [0.4, 0.5) is 13.2 Å². The minimum atomic E-state index is -4.52. The van der Waals surface area contributed by atoms with Crippen molar-refractivity contribution in [3.8, 4) is 11.3 Å². The largest absolute Gasteiger partial charge is 0.418 e. The van der Waals surface area contributed by atoms with Crippen LogP contribution in [-0.4, -0.2) is 20.9 Å².